The summed E-state index contributed by atoms with van der Waals surface area (Å²) in [7, 11) is 1.85. The highest BCUT2D eigenvalue weighted by Gasteiger charge is 2.19. The van der Waals surface area contributed by atoms with E-state index in [1.54, 1.807) is 23.6 Å². The Balaban J connectivity index is 1.58. The first kappa shape index (κ1) is 16.8. The number of rotatable bonds is 4. The van der Waals surface area contributed by atoms with Gasteiger partial charge in [-0.25, -0.2) is 14.6 Å². The maximum atomic E-state index is 13.0. The van der Waals surface area contributed by atoms with Crippen LogP contribution in [0.4, 0.5) is 5.82 Å². The van der Waals surface area contributed by atoms with Gasteiger partial charge in [0.05, 0.1) is 35.4 Å². The molecular formula is C18H16N8OS. The van der Waals surface area contributed by atoms with Crippen LogP contribution in [0.3, 0.4) is 0 Å². The van der Waals surface area contributed by atoms with E-state index in [9.17, 15) is 4.79 Å². The minimum Gasteiger partial charge on any atom is -0.384 e. The third-order valence-corrected chi connectivity index (χ3v) is 5.73. The number of allylic oxidation sites excluding steroid dienone is 1. The summed E-state index contributed by atoms with van der Waals surface area (Å²) in [4.78, 5) is 22.0. The van der Waals surface area contributed by atoms with E-state index in [4.69, 9.17) is 10.7 Å². The lowest BCUT2D eigenvalue weighted by atomic mass is 10.3. The lowest BCUT2D eigenvalue weighted by Gasteiger charge is -2.05. The zero-order chi connectivity index (χ0) is 19.3. The van der Waals surface area contributed by atoms with E-state index in [-0.39, 0.29) is 12.1 Å². The number of nitrogens with zero attached hydrogens (tertiary/aromatic N) is 7. The van der Waals surface area contributed by atoms with Crippen LogP contribution in [0.2, 0.25) is 0 Å². The van der Waals surface area contributed by atoms with Gasteiger partial charge < -0.3 is 10.3 Å². The normalized spacial score (nSPS) is 13.7. The molecule has 0 aliphatic carbocycles. The first-order valence-corrected chi connectivity index (χ1v) is 9.53. The highest BCUT2D eigenvalue weighted by atomic mass is 32.1. The second-order valence-corrected chi connectivity index (χ2v) is 7.62. The summed E-state index contributed by atoms with van der Waals surface area (Å²) in [5.41, 5.74) is 8.53. The van der Waals surface area contributed by atoms with Gasteiger partial charge in [0.15, 0.2) is 5.65 Å². The predicted octanol–water partition coefficient (Wildman–Crippen LogP) is 2.26. The molecule has 10 heteroatoms. The van der Waals surface area contributed by atoms with Crippen LogP contribution in [0, 0.1) is 0 Å². The lowest BCUT2D eigenvalue weighted by molar-refractivity contribution is 0.633. The van der Waals surface area contributed by atoms with Gasteiger partial charge in [-0.2, -0.15) is 15.3 Å². The Labute approximate surface area is 162 Å². The number of hydrogen-bond donors (Lipinski definition) is 1. The van der Waals surface area contributed by atoms with Gasteiger partial charge in [-0.1, -0.05) is 6.07 Å². The molecule has 0 unspecified atom stereocenters. The van der Waals surface area contributed by atoms with E-state index in [1.807, 2.05) is 29.8 Å². The number of aryl methyl sites for hydroxylation is 1. The Hall–Kier alpha value is -3.40. The van der Waals surface area contributed by atoms with E-state index in [0.717, 1.165) is 26.4 Å². The second-order valence-electron chi connectivity index (χ2n) is 6.54. The van der Waals surface area contributed by atoms with Gasteiger partial charge in [0.25, 0.3) is 5.56 Å². The van der Waals surface area contributed by atoms with E-state index in [1.165, 1.54) is 4.68 Å². The quantitative estimate of drug-likeness (QED) is 0.572. The standard InChI is InChI=1S/C18H16N8OS/c1-25-15-12(16-17(25)23-14(28-16)7-10-5-6-20-24-10)8-21-26(18(15)27)9-11-3-2-4-13(19)22-11/h2-5,8H,6-7,9H2,1H3,(H2,19,22). The molecule has 0 saturated carbocycles. The third-order valence-electron chi connectivity index (χ3n) is 4.65. The van der Waals surface area contributed by atoms with E-state index < -0.39 is 0 Å². The first-order chi connectivity index (χ1) is 13.6. The summed E-state index contributed by atoms with van der Waals surface area (Å²) in [5.74, 6) is 0.416. The van der Waals surface area contributed by atoms with Gasteiger partial charge in [-0.3, -0.25) is 4.79 Å². The smallest absolute Gasteiger partial charge is 0.291 e. The molecule has 0 fully saturated rings. The number of azo groups is 1. The third kappa shape index (κ3) is 2.69. The molecule has 0 aromatic carbocycles. The van der Waals surface area contributed by atoms with E-state index >= 15 is 0 Å². The van der Waals surface area contributed by atoms with Crippen LogP contribution < -0.4 is 11.3 Å². The summed E-state index contributed by atoms with van der Waals surface area (Å²) in [5, 5.41) is 14.2. The van der Waals surface area contributed by atoms with Crippen molar-refractivity contribution in [2.75, 3.05) is 12.3 Å². The lowest BCUT2D eigenvalue weighted by Crippen LogP contribution is -2.25. The maximum Gasteiger partial charge on any atom is 0.291 e. The van der Waals surface area contributed by atoms with Crippen molar-refractivity contribution in [2.45, 2.75) is 13.0 Å². The van der Waals surface area contributed by atoms with Crippen molar-refractivity contribution in [3.05, 3.63) is 57.2 Å². The molecule has 0 spiro atoms. The first-order valence-electron chi connectivity index (χ1n) is 8.72. The van der Waals surface area contributed by atoms with Crippen molar-refractivity contribution < 1.29 is 0 Å². The zero-order valence-electron chi connectivity index (χ0n) is 15.0. The number of nitrogens with two attached hydrogens (primary N) is 1. The molecule has 4 aromatic heterocycles. The number of thiazole rings is 1. The number of pyridine rings is 1. The molecule has 5 heterocycles. The molecular weight excluding hydrogens is 376 g/mol. The van der Waals surface area contributed by atoms with Crippen LogP contribution in [0.25, 0.3) is 21.3 Å². The van der Waals surface area contributed by atoms with Crippen LogP contribution in [0.15, 0.2) is 51.2 Å². The zero-order valence-corrected chi connectivity index (χ0v) is 15.8. The van der Waals surface area contributed by atoms with Crippen molar-refractivity contribution in [2.24, 2.45) is 17.3 Å². The summed E-state index contributed by atoms with van der Waals surface area (Å²) >= 11 is 1.56. The van der Waals surface area contributed by atoms with Crippen LogP contribution >= 0.6 is 11.3 Å². The Morgan fingerprint density at radius 2 is 2.18 bits per heavy atom. The second kappa shape index (κ2) is 6.34. The van der Waals surface area contributed by atoms with Gasteiger partial charge in [-0.05, 0) is 18.2 Å². The molecule has 2 N–H and O–H groups in total. The number of nitrogen functional groups attached to an aromatic ring is 1. The Morgan fingerprint density at radius 1 is 1.29 bits per heavy atom. The molecule has 0 radical (unpaired) electrons. The number of fused-ring (bicyclic) bond motifs is 3. The van der Waals surface area contributed by atoms with Gasteiger partial charge in [0, 0.05) is 18.9 Å². The highest BCUT2D eigenvalue weighted by molar-refractivity contribution is 7.19. The number of aromatic nitrogens is 5. The van der Waals surface area contributed by atoms with Crippen molar-refractivity contribution in [1.82, 2.24) is 24.3 Å². The largest absolute Gasteiger partial charge is 0.384 e. The van der Waals surface area contributed by atoms with Crippen LogP contribution in [0.5, 0.6) is 0 Å². The van der Waals surface area contributed by atoms with Crippen LogP contribution in [0.1, 0.15) is 10.7 Å². The molecule has 4 aromatic rings. The van der Waals surface area contributed by atoms with Crippen molar-refractivity contribution in [3.63, 3.8) is 0 Å². The molecule has 0 bridgehead atoms. The summed E-state index contributed by atoms with van der Waals surface area (Å²) in [6, 6.07) is 5.34. The van der Waals surface area contributed by atoms with Crippen LogP contribution in [-0.2, 0) is 20.0 Å². The van der Waals surface area contributed by atoms with Crippen LogP contribution in [-0.4, -0.2) is 30.9 Å². The van der Waals surface area contributed by atoms with Crippen molar-refractivity contribution in [1.29, 1.82) is 0 Å². The average molecular weight is 392 g/mol. The van der Waals surface area contributed by atoms with E-state index in [0.29, 0.717) is 30.0 Å². The minimum atomic E-state index is -0.178. The average Bonchev–Trinajstić information content (AvgIpc) is 3.37. The molecule has 5 rings (SSSR count). The fourth-order valence-corrected chi connectivity index (χ4v) is 4.46. The molecule has 1 aliphatic rings. The topological polar surface area (TPSA) is 116 Å². The minimum absolute atomic E-state index is 0.178. The molecule has 1 aliphatic heterocycles. The van der Waals surface area contributed by atoms with Gasteiger partial charge in [0.2, 0.25) is 0 Å². The number of hydrogen-bond acceptors (Lipinski definition) is 8. The molecule has 28 heavy (non-hydrogen) atoms. The number of anilines is 1. The van der Waals surface area contributed by atoms with Gasteiger partial charge in [0.1, 0.15) is 16.3 Å². The summed E-state index contributed by atoms with van der Waals surface area (Å²) in [6.07, 6.45) is 4.37. The summed E-state index contributed by atoms with van der Waals surface area (Å²) < 4.78 is 4.20. The van der Waals surface area contributed by atoms with Gasteiger partial charge >= 0.3 is 0 Å². The van der Waals surface area contributed by atoms with Gasteiger partial charge in [-0.15, -0.1) is 11.3 Å². The molecule has 9 nitrogen and oxygen atoms in total. The monoisotopic (exact) mass is 392 g/mol. The molecule has 0 saturated heterocycles. The maximum absolute atomic E-state index is 13.0. The Bertz CT molecular complexity index is 1340. The molecule has 0 amide bonds. The Kier molecular flexibility index (Phi) is 3.79. The van der Waals surface area contributed by atoms with Crippen molar-refractivity contribution >= 4 is 38.4 Å². The van der Waals surface area contributed by atoms with E-state index in [2.05, 4.69) is 20.3 Å². The fraction of sp³-hybridized carbons (Fsp3) is 0.222. The van der Waals surface area contributed by atoms with Crippen molar-refractivity contribution in [3.8, 4) is 0 Å². The Morgan fingerprint density at radius 3 is 2.96 bits per heavy atom. The predicted molar refractivity (Wildman–Crippen MR) is 107 cm³/mol. The highest BCUT2D eigenvalue weighted by Crippen LogP contribution is 2.32. The fourth-order valence-electron chi connectivity index (χ4n) is 3.34. The molecule has 0 atom stereocenters. The SMILES string of the molecule is Cn1c2nc(CC3=CCN=N3)sc2c2cnn(Cc3cccc(N)n3)c(=O)c21. The molecule has 140 valence electrons. The summed E-state index contributed by atoms with van der Waals surface area (Å²) in [6.45, 7) is 0.894.